The van der Waals surface area contributed by atoms with E-state index in [0.29, 0.717) is 12.8 Å². The van der Waals surface area contributed by atoms with Crippen LogP contribution in [-0.2, 0) is 14.9 Å². The Balaban J connectivity index is 2.10. The first-order chi connectivity index (χ1) is 10.3. The van der Waals surface area contributed by atoms with Gasteiger partial charge in [0.2, 0.25) is 0 Å². The average molecular weight is 362 g/mol. The Kier molecular flexibility index (Phi) is 3.45. The fraction of sp³-hybridized carbons (Fsp3) is 0.923. The molecule has 10 heteroatoms. The molecule has 0 saturated heterocycles. The second-order valence-corrected chi connectivity index (χ2v) is 8.61. The van der Waals surface area contributed by atoms with Gasteiger partial charge in [0.1, 0.15) is 11.7 Å². The fourth-order valence-electron chi connectivity index (χ4n) is 5.20. The molecule has 23 heavy (non-hydrogen) atoms. The lowest BCUT2D eigenvalue weighted by molar-refractivity contribution is -0.275. The molecule has 4 bridgehead atoms. The predicted octanol–water partition coefficient (Wildman–Crippen LogP) is 3.04. The van der Waals surface area contributed by atoms with E-state index in [2.05, 4.69) is 0 Å². The second kappa shape index (κ2) is 4.65. The minimum atomic E-state index is -6.23. The van der Waals surface area contributed by atoms with E-state index in [0.717, 1.165) is 0 Å². The van der Waals surface area contributed by atoms with Gasteiger partial charge in [0, 0.05) is 11.8 Å². The zero-order valence-corrected chi connectivity index (χ0v) is 12.6. The highest BCUT2D eigenvalue weighted by molar-refractivity contribution is 7.86. The molecule has 0 aromatic rings. The summed E-state index contributed by atoms with van der Waals surface area (Å²) >= 11 is 0. The molecule has 0 amide bonds. The number of hydrogen-bond acceptors (Lipinski definition) is 3. The van der Waals surface area contributed by atoms with Crippen molar-refractivity contribution in [3.8, 4) is 0 Å². The van der Waals surface area contributed by atoms with Crippen LogP contribution in [0.25, 0.3) is 0 Å². The summed E-state index contributed by atoms with van der Waals surface area (Å²) in [6, 6.07) is 0. The van der Waals surface area contributed by atoms with Crippen LogP contribution in [0.15, 0.2) is 0 Å². The van der Waals surface area contributed by atoms with Gasteiger partial charge >= 0.3 is 21.5 Å². The minimum absolute atomic E-state index is 0.192. The molecule has 0 aliphatic heterocycles. The quantitative estimate of drug-likeness (QED) is 0.619. The Labute approximate surface area is 129 Å². The highest BCUT2D eigenvalue weighted by Crippen LogP contribution is 2.66. The Hall–Kier alpha value is -0.770. The van der Waals surface area contributed by atoms with Crippen molar-refractivity contribution in [2.45, 2.75) is 43.5 Å². The summed E-state index contributed by atoms with van der Waals surface area (Å²) in [5.41, 5.74) is -2.01. The first kappa shape index (κ1) is 17.1. The summed E-state index contributed by atoms with van der Waals surface area (Å²) in [5, 5.41) is -5.33. The van der Waals surface area contributed by atoms with Gasteiger partial charge in [-0.15, -0.1) is 0 Å². The number of rotatable bonds is 3. The van der Waals surface area contributed by atoms with Gasteiger partial charge in [0.15, 0.2) is 0 Å². The molecule has 3 unspecified atom stereocenters. The van der Waals surface area contributed by atoms with Gasteiger partial charge in [-0.05, 0) is 43.4 Å². The molecule has 1 N–H and O–H groups in total. The van der Waals surface area contributed by atoms with E-state index in [1.165, 1.54) is 0 Å². The molecule has 0 spiro atoms. The molecule has 4 nitrogen and oxygen atoms in total. The number of carbonyl (C=O) groups excluding carboxylic acids is 1. The molecule has 0 heterocycles. The molecule has 0 radical (unpaired) electrons. The van der Waals surface area contributed by atoms with Crippen LogP contribution in [0.5, 0.6) is 0 Å². The average Bonchev–Trinajstić information content (AvgIpc) is 2.30. The van der Waals surface area contributed by atoms with Crippen LogP contribution in [0.3, 0.4) is 0 Å². The fourth-order valence-corrected chi connectivity index (χ4v) is 5.89. The smallest absolute Gasteiger partial charge is 0.299 e. The van der Waals surface area contributed by atoms with E-state index < -0.39 is 57.6 Å². The van der Waals surface area contributed by atoms with Crippen LogP contribution in [0, 0.1) is 29.1 Å². The molecule has 4 aliphatic rings. The Morgan fingerprint density at radius 1 is 1.04 bits per heavy atom. The molecule has 4 fully saturated rings. The van der Waals surface area contributed by atoms with Crippen LogP contribution in [0.2, 0.25) is 0 Å². The molecule has 132 valence electrons. The highest BCUT2D eigenvalue weighted by atomic mass is 32.2. The second-order valence-electron chi connectivity index (χ2n) is 7.12. The maximum atomic E-state index is 14.1. The van der Waals surface area contributed by atoms with Crippen molar-refractivity contribution in [1.82, 2.24) is 0 Å². The summed E-state index contributed by atoms with van der Waals surface area (Å²) in [7, 11) is -6.23. The van der Waals surface area contributed by atoms with Crippen molar-refractivity contribution in [2.75, 3.05) is 0 Å². The molecule has 4 saturated carbocycles. The van der Waals surface area contributed by atoms with Crippen LogP contribution < -0.4 is 0 Å². The van der Waals surface area contributed by atoms with Gasteiger partial charge in [-0.2, -0.15) is 30.4 Å². The minimum Gasteiger partial charge on any atom is -0.299 e. The lowest BCUT2D eigenvalue weighted by Gasteiger charge is -2.58. The van der Waals surface area contributed by atoms with E-state index in [9.17, 15) is 35.2 Å². The van der Waals surface area contributed by atoms with Gasteiger partial charge < -0.3 is 0 Å². The van der Waals surface area contributed by atoms with Crippen molar-refractivity contribution in [3.63, 3.8) is 0 Å². The lowest BCUT2D eigenvalue weighted by atomic mass is 9.46. The molecule has 4 rings (SSSR count). The van der Waals surface area contributed by atoms with Gasteiger partial charge in [0.05, 0.1) is 0 Å². The maximum absolute atomic E-state index is 14.1. The summed E-state index contributed by atoms with van der Waals surface area (Å²) in [6.07, 6.45) is -5.74. The van der Waals surface area contributed by atoms with Gasteiger partial charge in [0.25, 0.3) is 0 Å². The standard InChI is InChI=1S/C13H15F5O4S/c14-12(15,16)10(13(17,18)23(20,21)22)11-3-6-1-7(4-11)9(19)8(2-6)5-11/h6-8,10H,1-5H2,(H,20,21,22). The van der Waals surface area contributed by atoms with Crippen LogP contribution >= 0.6 is 0 Å². The van der Waals surface area contributed by atoms with Crippen molar-refractivity contribution >= 4 is 15.9 Å². The van der Waals surface area contributed by atoms with Gasteiger partial charge in [-0.1, -0.05) is 0 Å². The van der Waals surface area contributed by atoms with Crippen LogP contribution in [0.1, 0.15) is 32.1 Å². The number of alkyl halides is 5. The molecule has 0 aromatic carbocycles. The summed E-state index contributed by atoms with van der Waals surface area (Å²) in [4.78, 5) is 12.0. The molecular weight excluding hydrogens is 347 g/mol. The van der Waals surface area contributed by atoms with E-state index in [1.807, 2.05) is 0 Å². The van der Waals surface area contributed by atoms with Crippen molar-refractivity contribution in [1.29, 1.82) is 0 Å². The summed E-state index contributed by atoms with van der Waals surface area (Å²) in [5.74, 6) is -5.43. The van der Waals surface area contributed by atoms with E-state index in [1.54, 1.807) is 0 Å². The van der Waals surface area contributed by atoms with E-state index >= 15 is 0 Å². The SMILES string of the molecule is O=C1C2CC3CC1CC(C(C(F)(F)F)C(F)(F)S(=O)(=O)O)(C3)C2. The first-order valence-electron chi connectivity index (χ1n) is 7.23. The highest BCUT2D eigenvalue weighted by Gasteiger charge is 2.73. The third-order valence-electron chi connectivity index (χ3n) is 5.66. The number of ketones is 1. The van der Waals surface area contributed by atoms with E-state index in [4.69, 9.17) is 4.55 Å². The Morgan fingerprint density at radius 3 is 1.91 bits per heavy atom. The van der Waals surface area contributed by atoms with Crippen molar-refractivity contribution in [3.05, 3.63) is 0 Å². The molecule has 3 atom stereocenters. The summed E-state index contributed by atoms with van der Waals surface area (Å²) in [6.45, 7) is 0. The topological polar surface area (TPSA) is 71.4 Å². The Bertz CT molecular complexity index is 623. The maximum Gasteiger partial charge on any atom is 0.399 e. The number of Topliss-reactive ketones (excluding diaryl/α,β-unsaturated/α-hetero) is 1. The third-order valence-corrected chi connectivity index (χ3v) is 6.58. The van der Waals surface area contributed by atoms with Crippen molar-refractivity contribution in [2.24, 2.45) is 29.1 Å². The summed E-state index contributed by atoms with van der Waals surface area (Å²) < 4.78 is 98.9. The number of carbonyl (C=O) groups is 1. The zero-order chi connectivity index (χ0) is 17.4. The van der Waals surface area contributed by atoms with E-state index in [-0.39, 0.29) is 18.1 Å². The van der Waals surface area contributed by atoms with Crippen LogP contribution in [-0.4, -0.2) is 30.2 Å². The third kappa shape index (κ3) is 2.40. The largest absolute Gasteiger partial charge is 0.399 e. The first-order valence-corrected chi connectivity index (χ1v) is 8.67. The number of halogens is 5. The lowest BCUT2D eigenvalue weighted by Crippen LogP contribution is -2.62. The molecular formula is C13H15F5O4S. The molecule has 0 aromatic heterocycles. The number of hydrogen-bond donors (Lipinski definition) is 1. The normalized spacial score (nSPS) is 38.9. The van der Waals surface area contributed by atoms with Gasteiger partial charge in [-0.3, -0.25) is 9.35 Å². The molecule has 4 aliphatic carbocycles. The zero-order valence-electron chi connectivity index (χ0n) is 11.8. The van der Waals surface area contributed by atoms with Crippen LogP contribution in [0.4, 0.5) is 22.0 Å². The van der Waals surface area contributed by atoms with Crippen molar-refractivity contribution < 1.29 is 39.7 Å². The van der Waals surface area contributed by atoms with Gasteiger partial charge in [-0.25, -0.2) is 0 Å². The monoisotopic (exact) mass is 362 g/mol. The Morgan fingerprint density at radius 2 is 1.52 bits per heavy atom. The predicted molar refractivity (Wildman–Crippen MR) is 67.0 cm³/mol.